The molecule has 0 fully saturated rings. The van der Waals surface area contributed by atoms with Gasteiger partial charge in [-0.15, -0.1) is 0 Å². The maximum absolute atomic E-state index is 12.9. The van der Waals surface area contributed by atoms with Crippen LogP contribution in [0.25, 0.3) is 0 Å². The van der Waals surface area contributed by atoms with Crippen molar-refractivity contribution in [2.24, 2.45) is 0 Å². The maximum Gasteiger partial charge on any atom is 0.338 e. The Morgan fingerprint density at radius 2 is 1.79 bits per heavy atom. The molecule has 2 N–H and O–H groups in total. The second-order valence-electron chi connectivity index (χ2n) is 6.20. The van der Waals surface area contributed by atoms with Crippen LogP contribution in [0.3, 0.4) is 0 Å². The minimum Gasteiger partial charge on any atom is -0.489 e. The number of hydrogen-bond acceptors (Lipinski definition) is 5. The molecule has 0 heterocycles. The number of ether oxygens (including phenoxy) is 2. The summed E-state index contributed by atoms with van der Waals surface area (Å²) in [5, 5.41) is 4.54. The number of hydrogen-bond donors (Lipinski definition) is 2. The second kappa shape index (κ2) is 10.1. The van der Waals surface area contributed by atoms with E-state index in [1.165, 1.54) is 24.3 Å². The Morgan fingerprint density at radius 1 is 1.07 bits per heavy atom. The van der Waals surface area contributed by atoms with Crippen LogP contribution in [0.5, 0.6) is 5.75 Å². The number of benzene rings is 2. The smallest absolute Gasteiger partial charge is 0.338 e. The topological polar surface area (TPSA) is 93.7 Å². The van der Waals surface area contributed by atoms with Gasteiger partial charge in [0, 0.05) is 6.04 Å². The number of halogens is 1. The Hall–Kier alpha value is -3.42. The number of imide groups is 1. The number of rotatable bonds is 7. The van der Waals surface area contributed by atoms with Gasteiger partial charge in [-0.25, -0.2) is 14.0 Å². The maximum atomic E-state index is 12.9. The highest BCUT2D eigenvalue weighted by Crippen LogP contribution is 2.16. The van der Waals surface area contributed by atoms with E-state index in [9.17, 15) is 18.8 Å². The molecule has 0 bridgehead atoms. The number of carbonyl (C=O) groups excluding carboxylic acids is 3. The van der Waals surface area contributed by atoms with E-state index in [0.717, 1.165) is 5.56 Å². The van der Waals surface area contributed by atoms with Crippen molar-refractivity contribution in [1.82, 2.24) is 10.6 Å². The van der Waals surface area contributed by atoms with Crippen molar-refractivity contribution in [3.8, 4) is 5.75 Å². The molecule has 0 saturated carbocycles. The number of esters is 1. The van der Waals surface area contributed by atoms with Gasteiger partial charge in [0.15, 0.2) is 6.61 Å². The minimum atomic E-state index is -0.741. The summed E-state index contributed by atoms with van der Waals surface area (Å²) in [5.74, 6) is -1.39. The Morgan fingerprint density at radius 3 is 2.46 bits per heavy atom. The molecule has 0 aromatic heterocycles. The van der Waals surface area contributed by atoms with Gasteiger partial charge in [-0.3, -0.25) is 10.1 Å². The molecule has 0 unspecified atom stereocenters. The van der Waals surface area contributed by atoms with Crippen molar-refractivity contribution in [3.63, 3.8) is 0 Å². The third-order valence-corrected chi connectivity index (χ3v) is 3.40. The van der Waals surface area contributed by atoms with Crippen LogP contribution in [0.4, 0.5) is 9.18 Å². The Bertz CT molecular complexity index is 837. The second-order valence-corrected chi connectivity index (χ2v) is 6.20. The summed E-state index contributed by atoms with van der Waals surface area (Å²) in [6, 6.07) is 11.3. The van der Waals surface area contributed by atoms with Gasteiger partial charge >= 0.3 is 12.0 Å². The van der Waals surface area contributed by atoms with E-state index in [-0.39, 0.29) is 24.0 Å². The van der Waals surface area contributed by atoms with Crippen molar-refractivity contribution in [2.45, 2.75) is 26.5 Å². The van der Waals surface area contributed by atoms with Crippen molar-refractivity contribution >= 4 is 17.9 Å². The van der Waals surface area contributed by atoms with Crippen LogP contribution in [-0.2, 0) is 16.1 Å². The van der Waals surface area contributed by atoms with Gasteiger partial charge in [0.1, 0.15) is 18.2 Å². The lowest BCUT2D eigenvalue weighted by Crippen LogP contribution is -2.44. The zero-order chi connectivity index (χ0) is 20.5. The van der Waals surface area contributed by atoms with Crippen LogP contribution >= 0.6 is 0 Å². The fourth-order valence-electron chi connectivity index (χ4n) is 2.14. The average Bonchev–Trinajstić information content (AvgIpc) is 2.65. The van der Waals surface area contributed by atoms with Gasteiger partial charge in [-0.2, -0.15) is 0 Å². The molecule has 3 amide bonds. The predicted octanol–water partition coefficient (Wildman–Crippen LogP) is 2.80. The molecular formula is C20H21FN2O5. The van der Waals surface area contributed by atoms with Gasteiger partial charge in [-0.05, 0) is 49.7 Å². The van der Waals surface area contributed by atoms with Crippen molar-refractivity contribution in [3.05, 3.63) is 65.5 Å². The van der Waals surface area contributed by atoms with E-state index in [1.54, 1.807) is 38.1 Å². The highest BCUT2D eigenvalue weighted by atomic mass is 19.1. The largest absolute Gasteiger partial charge is 0.489 e. The summed E-state index contributed by atoms with van der Waals surface area (Å²) in [7, 11) is 0. The molecule has 0 aliphatic carbocycles. The lowest BCUT2D eigenvalue weighted by atomic mass is 10.2. The number of urea groups is 1. The van der Waals surface area contributed by atoms with Gasteiger partial charge in [-0.1, -0.05) is 18.2 Å². The molecule has 0 aliphatic rings. The van der Waals surface area contributed by atoms with Crippen LogP contribution < -0.4 is 15.4 Å². The minimum absolute atomic E-state index is 0.131. The number of amides is 3. The van der Waals surface area contributed by atoms with Crippen LogP contribution in [0.1, 0.15) is 29.8 Å². The predicted molar refractivity (Wildman–Crippen MR) is 99.3 cm³/mol. The van der Waals surface area contributed by atoms with Gasteiger partial charge in [0.05, 0.1) is 5.56 Å². The summed E-state index contributed by atoms with van der Waals surface area (Å²) >= 11 is 0. The van der Waals surface area contributed by atoms with Crippen LogP contribution in [0.2, 0.25) is 0 Å². The number of carbonyl (C=O) groups is 3. The summed E-state index contributed by atoms with van der Waals surface area (Å²) in [6.45, 7) is 3.10. The lowest BCUT2D eigenvalue weighted by molar-refractivity contribution is -0.123. The number of nitrogens with one attached hydrogen (secondary N) is 2. The molecule has 0 saturated heterocycles. The Kier molecular flexibility index (Phi) is 7.50. The molecule has 28 heavy (non-hydrogen) atoms. The SMILES string of the molecule is CC(C)NC(=O)NC(=O)COC(=O)c1cccc(OCc2ccc(F)cc2)c1. The van der Waals surface area contributed by atoms with Crippen molar-refractivity contribution in [2.75, 3.05) is 6.61 Å². The molecule has 2 aromatic carbocycles. The highest BCUT2D eigenvalue weighted by molar-refractivity contribution is 5.97. The molecule has 0 radical (unpaired) electrons. The first kappa shape index (κ1) is 20.9. The molecule has 0 aliphatic heterocycles. The van der Waals surface area contributed by atoms with Gasteiger partial charge < -0.3 is 14.8 Å². The highest BCUT2D eigenvalue weighted by Gasteiger charge is 2.13. The monoisotopic (exact) mass is 388 g/mol. The van der Waals surface area contributed by atoms with Gasteiger partial charge in [0.25, 0.3) is 5.91 Å². The normalized spacial score (nSPS) is 10.3. The first-order valence-electron chi connectivity index (χ1n) is 8.58. The fourth-order valence-corrected chi connectivity index (χ4v) is 2.14. The van der Waals surface area contributed by atoms with Crippen LogP contribution in [-0.4, -0.2) is 30.6 Å². The zero-order valence-corrected chi connectivity index (χ0v) is 15.5. The Balaban J connectivity index is 1.84. The van der Waals surface area contributed by atoms with Crippen molar-refractivity contribution < 1.29 is 28.2 Å². The summed E-state index contributed by atoms with van der Waals surface area (Å²) in [5.41, 5.74) is 0.960. The summed E-state index contributed by atoms with van der Waals surface area (Å²) in [4.78, 5) is 35.1. The van der Waals surface area contributed by atoms with Crippen molar-refractivity contribution in [1.29, 1.82) is 0 Å². The van der Waals surface area contributed by atoms with E-state index in [1.807, 2.05) is 0 Å². The van der Waals surface area contributed by atoms with E-state index in [0.29, 0.717) is 5.75 Å². The summed E-state index contributed by atoms with van der Waals surface area (Å²) < 4.78 is 23.4. The molecule has 0 atom stereocenters. The quantitative estimate of drug-likeness (QED) is 0.712. The van der Waals surface area contributed by atoms with E-state index < -0.39 is 24.5 Å². The zero-order valence-electron chi connectivity index (χ0n) is 15.5. The van der Waals surface area contributed by atoms with Crippen LogP contribution in [0.15, 0.2) is 48.5 Å². The van der Waals surface area contributed by atoms with E-state index in [2.05, 4.69) is 10.6 Å². The summed E-state index contributed by atoms with van der Waals surface area (Å²) in [6.07, 6.45) is 0. The van der Waals surface area contributed by atoms with E-state index >= 15 is 0 Å². The fraction of sp³-hybridized carbons (Fsp3) is 0.250. The first-order chi connectivity index (χ1) is 13.3. The third-order valence-electron chi connectivity index (χ3n) is 3.40. The molecule has 2 rings (SSSR count). The third kappa shape index (κ3) is 7.06. The molecule has 8 heteroatoms. The molecular weight excluding hydrogens is 367 g/mol. The van der Waals surface area contributed by atoms with E-state index in [4.69, 9.17) is 9.47 Å². The van der Waals surface area contributed by atoms with Gasteiger partial charge in [0.2, 0.25) is 0 Å². The Labute approximate surface area is 161 Å². The lowest BCUT2D eigenvalue weighted by Gasteiger charge is -2.10. The standard InChI is InChI=1S/C20H21FN2O5/c1-13(2)22-20(26)23-18(24)12-28-19(25)15-4-3-5-17(10-15)27-11-14-6-8-16(21)9-7-14/h3-10,13H,11-12H2,1-2H3,(H2,22,23,24,26). The molecule has 0 spiro atoms. The molecule has 148 valence electrons. The molecule has 2 aromatic rings. The first-order valence-corrected chi connectivity index (χ1v) is 8.58. The van der Waals surface area contributed by atoms with Crippen LogP contribution in [0, 0.1) is 5.82 Å². The average molecular weight is 388 g/mol. The molecule has 7 nitrogen and oxygen atoms in total.